The number of pyridine rings is 1. The van der Waals surface area contributed by atoms with Crippen molar-refractivity contribution in [1.82, 2.24) is 9.88 Å². The third-order valence-corrected chi connectivity index (χ3v) is 3.48. The first-order valence-electron chi connectivity index (χ1n) is 5.71. The van der Waals surface area contributed by atoms with Crippen LogP contribution in [-0.4, -0.2) is 36.1 Å². The van der Waals surface area contributed by atoms with Gasteiger partial charge in [-0.1, -0.05) is 12.5 Å². The van der Waals surface area contributed by atoms with Crippen molar-refractivity contribution >= 4 is 15.9 Å². The summed E-state index contributed by atoms with van der Waals surface area (Å²) in [6.45, 7) is 1.92. The van der Waals surface area contributed by atoms with Crippen molar-refractivity contribution in [3.8, 4) is 5.88 Å². The first-order chi connectivity index (χ1) is 7.75. The van der Waals surface area contributed by atoms with Crippen LogP contribution in [0, 0.1) is 0 Å². The molecule has 0 spiro atoms. The van der Waals surface area contributed by atoms with Gasteiger partial charge in [-0.25, -0.2) is 4.98 Å². The van der Waals surface area contributed by atoms with Crippen molar-refractivity contribution in [3.05, 3.63) is 22.8 Å². The van der Waals surface area contributed by atoms with Gasteiger partial charge >= 0.3 is 0 Å². The number of rotatable bonds is 3. The fourth-order valence-electron chi connectivity index (χ4n) is 2.01. The Balaban J connectivity index is 1.86. The largest absolute Gasteiger partial charge is 0.476 e. The number of piperidine rings is 1. The fourth-order valence-corrected chi connectivity index (χ4v) is 2.33. The molecule has 0 aromatic carbocycles. The SMILES string of the molecule is CN1CCCCC1COc1cccc(Br)n1. The highest BCUT2D eigenvalue weighted by Crippen LogP contribution is 2.17. The summed E-state index contributed by atoms with van der Waals surface area (Å²) in [6.07, 6.45) is 3.84. The van der Waals surface area contributed by atoms with Gasteiger partial charge in [0.05, 0.1) is 0 Å². The lowest BCUT2D eigenvalue weighted by Gasteiger charge is -2.31. The van der Waals surface area contributed by atoms with Crippen LogP contribution in [0.2, 0.25) is 0 Å². The van der Waals surface area contributed by atoms with Crippen LogP contribution in [0.3, 0.4) is 0 Å². The molecule has 1 atom stereocenters. The molecule has 1 unspecified atom stereocenters. The van der Waals surface area contributed by atoms with Gasteiger partial charge in [-0.15, -0.1) is 0 Å². The maximum Gasteiger partial charge on any atom is 0.214 e. The Morgan fingerprint density at radius 3 is 3.12 bits per heavy atom. The Hall–Kier alpha value is -0.610. The minimum atomic E-state index is 0.537. The van der Waals surface area contributed by atoms with Gasteiger partial charge in [0.1, 0.15) is 11.2 Å². The molecule has 0 bridgehead atoms. The summed E-state index contributed by atoms with van der Waals surface area (Å²) < 4.78 is 6.54. The Labute approximate surface area is 105 Å². The second-order valence-corrected chi connectivity index (χ2v) is 5.05. The van der Waals surface area contributed by atoms with E-state index in [9.17, 15) is 0 Å². The molecule has 4 heteroatoms. The minimum Gasteiger partial charge on any atom is -0.476 e. The summed E-state index contributed by atoms with van der Waals surface area (Å²) in [5, 5.41) is 0. The van der Waals surface area contributed by atoms with E-state index in [1.165, 1.54) is 25.8 Å². The van der Waals surface area contributed by atoms with Crippen molar-refractivity contribution in [2.75, 3.05) is 20.2 Å². The summed E-state index contributed by atoms with van der Waals surface area (Å²) in [6, 6.07) is 6.28. The van der Waals surface area contributed by atoms with E-state index in [2.05, 4.69) is 32.9 Å². The van der Waals surface area contributed by atoms with Gasteiger partial charge in [0.25, 0.3) is 0 Å². The van der Waals surface area contributed by atoms with Gasteiger partial charge in [-0.2, -0.15) is 0 Å². The zero-order valence-corrected chi connectivity index (χ0v) is 11.1. The number of aromatic nitrogens is 1. The lowest BCUT2D eigenvalue weighted by Crippen LogP contribution is -2.40. The molecule has 2 rings (SSSR count). The predicted molar refractivity (Wildman–Crippen MR) is 67.7 cm³/mol. The molecular formula is C12H17BrN2O. The van der Waals surface area contributed by atoms with Crippen LogP contribution in [0.15, 0.2) is 22.8 Å². The molecule has 88 valence electrons. The number of likely N-dealkylation sites (tertiary alicyclic amines) is 1. The molecule has 16 heavy (non-hydrogen) atoms. The van der Waals surface area contributed by atoms with Gasteiger partial charge < -0.3 is 9.64 Å². The minimum absolute atomic E-state index is 0.537. The van der Waals surface area contributed by atoms with Crippen LogP contribution >= 0.6 is 15.9 Å². The highest BCUT2D eigenvalue weighted by molar-refractivity contribution is 9.10. The average molecular weight is 285 g/mol. The van der Waals surface area contributed by atoms with Crippen molar-refractivity contribution < 1.29 is 4.74 Å². The number of hydrogen-bond donors (Lipinski definition) is 0. The van der Waals surface area contributed by atoms with Crippen molar-refractivity contribution in [2.45, 2.75) is 25.3 Å². The number of likely N-dealkylation sites (N-methyl/N-ethyl adjacent to an activating group) is 1. The predicted octanol–water partition coefficient (Wildman–Crippen LogP) is 2.71. The molecule has 2 heterocycles. The summed E-state index contributed by atoms with van der Waals surface area (Å²) in [5.41, 5.74) is 0. The zero-order valence-electron chi connectivity index (χ0n) is 9.53. The lowest BCUT2D eigenvalue weighted by atomic mass is 10.0. The molecule has 1 fully saturated rings. The van der Waals surface area contributed by atoms with E-state index < -0.39 is 0 Å². The summed E-state index contributed by atoms with van der Waals surface area (Å²) in [5.74, 6) is 0.702. The molecule has 0 aliphatic carbocycles. The summed E-state index contributed by atoms with van der Waals surface area (Å²) in [7, 11) is 2.17. The van der Waals surface area contributed by atoms with Crippen LogP contribution < -0.4 is 4.74 Å². The van der Waals surface area contributed by atoms with Crippen molar-refractivity contribution in [2.24, 2.45) is 0 Å². The number of nitrogens with zero attached hydrogens (tertiary/aromatic N) is 2. The van der Waals surface area contributed by atoms with Gasteiger partial charge in [0.15, 0.2) is 0 Å². The van der Waals surface area contributed by atoms with Crippen LogP contribution in [0.5, 0.6) is 5.88 Å². The van der Waals surface area contributed by atoms with Gasteiger partial charge in [-0.05, 0) is 48.4 Å². The third kappa shape index (κ3) is 3.19. The van der Waals surface area contributed by atoms with E-state index in [0.717, 1.165) is 11.2 Å². The van der Waals surface area contributed by atoms with Crippen LogP contribution in [-0.2, 0) is 0 Å². The summed E-state index contributed by atoms with van der Waals surface area (Å²) in [4.78, 5) is 6.64. The Morgan fingerprint density at radius 1 is 1.50 bits per heavy atom. The highest BCUT2D eigenvalue weighted by Gasteiger charge is 2.19. The second-order valence-electron chi connectivity index (χ2n) is 4.24. The maximum absolute atomic E-state index is 5.71. The number of ether oxygens (including phenoxy) is 1. The maximum atomic E-state index is 5.71. The van der Waals surface area contributed by atoms with E-state index in [1.54, 1.807) is 0 Å². The molecular weight excluding hydrogens is 268 g/mol. The highest BCUT2D eigenvalue weighted by atomic mass is 79.9. The van der Waals surface area contributed by atoms with Gasteiger partial charge in [0.2, 0.25) is 5.88 Å². The van der Waals surface area contributed by atoms with E-state index in [1.807, 2.05) is 18.2 Å². The quantitative estimate of drug-likeness (QED) is 0.798. The average Bonchev–Trinajstić information content (AvgIpc) is 2.28. The first kappa shape index (κ1) is 11.9. The molecule has 3 nitrogen and oxygen atoms in total. The second kappa shape index (κ2) is 5.64. The first-order valence-corrected chi connectivity index (χ1v) is 6.50. The van der Waals surface area contributed by atoms with Crippen LogP contribution in [0.4, 0.5) is 0 Å². The molecule has 1 aliphatic heterocycles. The Kier molecular flexibility index (Phi) is 4.18. The standard InChI is InChI=1S/C12H17BrN2O/c1-15-8-3-2-5-10(15)9-16-12-7-4-6-11(13)14-12/h4,6-7,10H,2-3,5,8-9H2,1H3. The molecule has 1 saturated heterocycles. The number of hydrogen-bond acceptors (Lipinski definition) is 3. The third-order valence-electron chi connectivity index (χ3n) is 3.03. The van der Waals surface area contributed by atoms with Gasteiger partial charge in [0, 0.05) is 12.1 Å². The van der Waals surface area contributed by atoms with E-state index >= 15 is 0 Å². The summed E-state index contributed by atoms with van der Waals surface area (Å²) >= 11 is 3.34. The fraction of sp³-hybridized carbons (Fsp3) is 0.583. The van der Waals surface area contributed by atoms with E-state index in [0.29, 0.717) is 11.9 Å². The molecule has 0 N–H and O–H groups in total. The normalized spacial score (nSPS) is 22.0. The van der Waals surface area contributed by atoms with Crippen LogP contribution in [0.1, 0.15) is 19.3 Å². The molecule has 1 aromatic rings. The monoisotopic (exact) mass is 284 g/mol. The molecule has 0 amide bonds. The van der Waals surface area contributed by atoms with E-state index in [-0.39, 0.29) is 0 Å². The van der Waals surface area contributed by atoms with Crippen LogP contribution in [0.25, 0.3) is 0 Å². The molecule has 0 radical (unpaired) electrons. The Morgan fingerprint density at radius 2 is 2.38 bits per heavy atom. The number of halogens is 1. The molecule has 1 aliphatic rings. The van der Waals surface area contributed by atoms with Crippen molar-refractivity contribution in [1.29, 1.82) is 0 Å². The lowest BCUT2D eigenvalue weighted by molar-refractivity contribution is 0.122. The molecule has 1 aromatic heterocycles. The topological polar surface area (TPSA) is 25.4 Å². The van der Waals surface area contributed by atoms with Gasteiger partial charge in [-0.3, -0.25) is 0 Å². The smallest absolute Gasteiger partial charge is 0.214 e. The zero-order chi connectivity index (χ0) is 11.4. The van der Waals surface area contributed by atoms with Crippen molar-refractivity contribution in [3.63, 3.8) is 0 Å². The molecule has 0 saturated carbocycles. The Bertz CT molecular complexity index is 346. The van der Waals surface area contributed by atoms with E-state index in [4.69, 9.17) is 4.74 Å².